The van der Waals surface area contributed by atoms with Crippen molar-refractivity contribution in [3.8, 4) is 0 Å². The fourth-order valence-electron chi connectivity index (χ4n) is 4.79. The van der Waals surface area contributed by atoms with Crippen molar-refractivity contribution >= 4 is 57.7 Å². The zero-order valence-corrected chi connectivity index (χ0v) is 24.2. The SMILES string of the molecule is C[C@H](c1ccc(Cl)cc1)N1C(=O)c2cc(I)ccc2N(CCCCC(=O)O)C(=O)[C@@H]1c1ccc(C(F)(F)F)cc1. The first-order chi connectivity index (χ1) is 18.9. The largest absolute Gasteiger partial charge is 0.481 e. The van der Waals surface area contributed by atoms with Gasteiger partial charge in [0.1, 0.15) is 6.04 Å². The van der Waals surface area contributed by atoms with E-state index in [0.717, 1.165) is 15.7 Å². The van der Waals surface area contributed by atoms with Crippen molar-refractivity contribution < 1.29 is 32.7 Å². The van der Waals surface area contributed by atoms with Crippen LogP contribution in [0.4, 0.5) is 18.9 Å². The highest BCUT2D eigenvalue weighted by Crippen LogP contribution is 2.41. The van der Waals surface area contributed by atoms with Crippen molar-refractivity contribution in [2.45, 2.75) is 44.4 Å². The van der Waals surface area contributed by atoms with Crippen LogP contribution in [0.15, 0.2) is 66.7 Å². The van der Waals surface area contributed by atoms with Gasteiger partial charge in [0.25, 0.3) is 11.8 Å². The molecule has 4 rings (SSSR count). The average molecular weight is 685 g/mol. The van der Waals surface area contributed by atoms with Gasteiger partial charge in [-0.3, -0.25) is 14.4 Å². The molecular weight excluding hydrogens is 660 g/mol. The molecule has 0 bridgehead atoms. The van der Waals surface area contributed by atoms with E-state index in [1.807, 2.05) is 0 Å². The Bertz CT molecular complexity index is 1410. The molecular formula is C29H25ClF3IN2O4. The molecule has 40 heavy (non-hydrogen) atoms. The maximum Gasteiger partial charge on any atom is 0.416 e. The highest BCUT2D eigenvalue weighted by Gasteiger charge is 2.43. The van der Waals surface area contributed by atoms with Crippen molar-refractivity contribution in [3.63, 3.8) is 0 Å². The van der Waals surface area contributed by atoms with E-state index in [0.29, 0.717) is 29.1 Å². The fraction of sp³-hybridized carbons (Fsp3) is 0.276. The predicted octanol–water partition coefficient (Wildman–Crippen LogP) is 7.51. The van der Waals surface area contributed by atoms with Crippen molar-refractivity contribution in [1.82, 2.24) is 4.90 Å². The molecule has 3 aromatic rings. The second-order valence-electron chi connectivity index (χ2n) is 9.46. The number of aliphatic carboxylic acids is 1. The van der Waals surface area contributed by atoms with E-state index in [1.165, 1.54) is 21.9 Å². The minimum atomic E-state index is -4.57. The van der Waals surface area contributed by atoms with Crippen LogP contribution in [-0.4, -0.2) is 34.3 Å². The number of anilines is 1. The Hall–Kier alpha value is -3.12. The Balaban J connectivity index is 1.87. The molecule has 0 radical (unpaired) electrons. The number of halogens is 5. The monoisotopic (exact) mass is 684 g/mol. The van der Waals surface area contributed by atoms with Crippen LogP contribution in [0.1, 0.15) is 65.3 Å². The number of nitrogens with zero attached hydrogens (tertiary/aromatic N) is 2. The molecule has 2 atom stereocenters. The molecule has 1 aliphatic heterocycles. The van der Waals surface area contributed by atoms with Crippen molar-refractivity contribution in [2.24, 2.45) is 0 Å². The molecule has 0 fully saturated rings. The number of carbonyl (C=O) groups is 3. The Labute approximate surface area is 247 Å². The van der Waals surface area contributed by atoms with Gasteiger partial charge < -0.3 is 14.9 Å². The second kappa shape index (κ2) is 12.2. The molecule has 1 aliphatic rings. The number of carbonyl (C=O) groups excluding carboxylic acids is 2. The molecule has 2 amide bonds. The van der Waals surface area contributed by atoms with E-state index >= 15 is 0 Å². The molecule has 0 aromatic heterocycles. The summed E-state index contributed by atoms with van der Waals surface area (Å²) in [5.74, 6) is -1.91. The molecule has 1 heterocycles. The predicted molar refractivity (Wildman–Crippen MR) is 153 cm³/mol. The lowest BCUT2D eigenvalue weighted by Gasteiger charge is -2.36. The quantitative estimate of drug-likeness (QED) is 0.197. The normalized spacial score (nSPS) is 16.5. The van der Waals surface area contributed by atoms with Crippen LogP contribution in [0.2, 0.25) is 5.02 Å². The molecule has 6 nitrogen and oxygen atoms in total. The average Bonchev–Trinajstić information content (AvgIpc) is 2.99. The van der Waals surface area contributed by atoms with Gasteiger partial charge in [-0.25, -0.2) is 0 Å². The molecule has 11 heteroatoms. The summed E-state index contributed by atoms with van der Waals surface area (Å²) >= 11 is 8.14. The van der Waals surface area contributed by atoms with Gasteiger partial charge in [-0.1, -0.05) is 35.9 Å². The van der Waals surface area contributed by atoms with Gasteiger partial charge in [0, 0.05) is 21.6 Å². The summed E-state index contributed by atoms with van der Waals surface area (Å²) in [6.07, 6.45) is -3.99. The Kier molecular flexibility index (Phi) is 9.09. The molecule has 0 saturated carbocycles. The number of alkyl halides is 3. The Morgan fingerprint density at radius 3 is 2.27 bits per heavy atom. The summed E-state index contributed by atoms with van der Waals surface area (Å²) in [7, 11) is 0. The third kappa shape index (κ3) is 6.43. The van der Waals surface area contributed by atoms with Crippen LogP contribution in [0.5, 0.6) is 0 Å². The number of hydrogen-bond acceptors (Lipinski definition) is 3. The van der Waals surface area contributed by atoms with Crippen LogP contribution < -0.4 is 4.90 Å². The van der Waals surface area contributed by atoms with Gasteiger partial charge in [-0.05, 0) is 95.9 Å². The Morgan fingerprint density at radius 2 is 1.68 bits per heavy atom. The second-order valence-corrected chi connectivity index (χ2v) is 11.1. The third-order valence-electron chi connectivity index (χ3n) is 6.84. The van der Waals surface area contributed by atoms with Gasteiger partial charge in [-0.2, -0.15) is 13.2 Å². The van der Waals surface area contributed by atoms with Gasteiger partial charge >= 0.3 is 12.1 Å². The van der Waals surface area contributed by atoms with Gasteiger partial charge in [0.05, 0.1) is 22.9 Å². The maximum absolute atomic E-state index is 14.3. The number of benzene rings is 3. The minimum Gasteiger partial charge on any atom is -0.481 e. The highest BCUT2D eigenvalue weighted by atomic mass is 127. The van der Waals surface area contributed by atoms with E-state index < -0.39 is 41.6 Å². The van der Waals surface area contributed by atoms with E-state index in [4.69, 9.17) is 16.7 Å². The summed E-state index contributed by atoms with van der Waals surface area (Å²) in [5, 5.41) is 9.53. The zero-order chi connectivity index (χ0) is 29.2. The summed E-state index contributed by atoms with van der Waals surface area (Å²) in [5.41, 5.74) is 0.682. The van der Waals surface area contributed by atoms with E-state index in [-0.39, 0.29) is 24.1 Å². The molecule has 0 unspecified atom stereocenters. The van der Waals surface area contributed by atoms with Gasteiger partial charge in [-0.15, -0.1) is 0 Å². The first-order valence-corrected chi connectivity index (χ1v) is 13.9. The molecule has 0 saturated heterocycles. The molecule has 1 N–H and O–H groups in total. The molecule has 210 valence electrons. The van der Waals surface area contributed by atoms with Crippen molar-refractivity contribution in [2.75, 3.05) is 11.4 Å². The Morgan fingerprint density at radius 1 is 1.02 bits per heavy atom. The third-order valence-corrected chi connectivity index (χ3v) is 7.76. The molecule has 3 aromatic carbocycles. The van der Waals surface area contributed by atoms with Crippen LogP contribution >= 0.6 is 34.2 Å². The number of carboxylic acid groups (broad SMARTS) is 1. The first kappa shape index (κ1) is 29.9. The number of unbranched alkanes of at least 4 members (excludes halogenated alkanes) is 1. The number of amides is 2. The summed E-state index contributed by atoms with van der Waals surface area (Å²) in [4.78, 5) is 42.5. The zero-order valence-electron chi connectivity index (χ0n) is 21.3. The standard InChI is InChI=1S/C29H25ClF3IN2O4/c1-17(18-7-11-21(30)12-8-18)36-26(19-5-9-20(10-6-19)29(31,32)33)28(40)35(15-3-2-4-25(37)38)24-14-13-22(34)16-23(24)27(36)39/h5-14,16-17,26H,2-4,15H2,1H3,(H,37,38)/t17-,26+/m1/s1. The van der Waals surface area contributed by atoms with Crippen molar-refractivity contribution in [3.05, 3.63) is 97.6 Å². The number of fused-ring (bicyclic) bond motifs is 1. The minimum absolute atomic E-state index is 0.0808. The first-order valence-electron chi connectivity index (χ1n) is 12.5. The lowest BCUT2D eigenvalue weighted by Crippen LogP contribution is -2.44. The number of carboxylic acids is 1. The van der Waals surface area contributed by atoms with Crippen LogP contribution in [0.25, 0.3) is 0 Å². The van der Waals surface area contributed by atoms with Crippen LogP contribution in [0, 0.1) is 3.57 Å². The summed E-state index contributed by atoms with van der Waals surface area (Å²) < 4.78 is 40.8. The summed E-state index contributed by atoms with van der Waals surface area (Å²) in [6.45, 7) is 1.88. The summed E-state index contributed by atoms with van der Waals surface area (Å²) in [6, 6.07) is 14.2. The van der Waals surface area contributed by atoms with Crippen LogP contribution in [0.3, 0.4) is 0 Å². The van der Waals surface area contributed by atoms with Gasteiger partial charge in [0.2, 0.25) is 0 Å². The fourth-order valence-corrected chi connectivity index (χ4v) is 5.41. The lowest BCUT2D eigenvalue weighted by atomic mass is 9.97. The maximum atomic E-state index is 14.3. The topological polar surface area (TPSA) is 77.9 Å². The molecule has 0 aliphatic carbocycles. The van der Waals surface area contributed by atoms with Crippen molar-refractivity contribution in [1.29, 1.82) is 0 Å². The van der Waals surface area contributed by atoms with E-state index in [9.17, 15) is 27.6 Å². The number of hydrogen-bond donors (Lipinski definition) is 1. The lowest BCUT2D eigenvalue weighted by molar-refractivity contribution is -0.138. The smallest absolute Gasteiger partial charge is 0.416 e. The van der Waals surface area contributed by atoms with Gasteiger partial charge in [0.15, 0.2) is 0 Å². The van der Waals surface area contributed by atoms with Crippen LogP contribution in [-0.2, 0) is 15.8 Å². The number of rotatable bonds is 8. The highest BCUT2D eigenvalue weighted by molar-refractivity contribution is 14.1. The van der Waals surface area contributed by atoms with E-state index in [2.05, 4.69) is 22.6 Å². The molecule has 0 spiro atoms. The van der Waals surface area contributed by atoms with E-state index in [1.54, 1.807) is 49.4 Å².